The summed E-state index contributed by atoms with van der Waals surface area (Å²) in [4.78, 5) is 30.8. The van der Waals surface area contributed by atoms with E-state index >= 15 is 0 Å². The Morgan fingerprint density at radius 3 is 2.31 bits per heavy atom. The van der Waals surface area contributed by atoms with Gasteiger partial charge in [0.25, 0.3) is 5.91 Å². The molecule has 2 fully saturated rings. The fourth-order valence-electron chi connectivity index (χ4n) is 6.89. The molecule has 0 saturated carbocycles. The van der Waals surface area contributed by atoms with Crippen molar-refractivity contribution in [3.63, 3.8) is 0 Å². The predicted octanol–water partition coefficient (Wildman–Crippen LogP) is 6.71. The number of hydrogen-bond acceptors (Lipinski definition) is 3. The summed E-state index contributed by atoms with van der Waals surface area (Å²) in [6, 6.07) is 21.3. The van der Waals surface area contributed by atoms with E-state index in [1.165, 1.54) is 11.6 Å². The van der Waals surface area contributed by atoms with Crippen LogP contribution in [-0.2, 0) is 17.8 Å². The van der Waals surface area contributed by atoms with Crippen molar-refractivity contribution in [3.05, 3.63) is 100 Å². The number of aryl methyl sites for hydroxylation is 2. The van der Waals surface area contributed by atoms with Gasteiger partial charge in [0.05, 0.1) is 0 Å². The molecule has 0 bridgehead atoms. The zero-order valence-electron chi connectivity index (χ0n) is 25.2. The van der Waals surface area contributed by atoms with Gasteiger partial charge in [0, 0.05) is 36.8 Å². The molecule has 2 aliphatic heterocycles. The van der Waals surface area contributed by atoms with Gasteiger partial charge in [0.15, 0.2) is 0 Å². The van der Waals surface area contributed by atoms with Crippen LogP contribution in [0.4, 0.5) is 10.1 Å². The number of halogens is 1. The molecule has 6 heteroatoms. The minimum Gasteiger partial charge on any atom is -0.352 e. The molecule has 0 aromatic heterocycles. The molecule has 3 aromatic carbocycles. The fraction of sp³-hybridized carbons (Fsp3) is 0.444. The maximum Gasteiger partial charge on any atom is 0.251 e. The van der Waals surface area contributed by atoms with Crippen molar-refractivity contribution in [3.8, 4) is 0 Å². The van der Waals surface area contributed by atoms with Gasteiger partial charge in [-0.3, -0.25) is 14.5 Å². The monoisotopic (exact) mass is 569 g/mol. The molecule has 0 spiro atoms. The summed E-state index contributed by atoms with van der Waals surface area (Å²) in [5.41, 5.74) is 5.40. The summed E-state index contributed by atoms with van der Waals surface area (Å²) >= 11 is 0. The number of nitrogens with one attached hydrogen (secondary N) is 1. The number of carbonyl (C=O) groups excluding carboxylic acids is 2. The first kappa shape index (κ1) is 30.0. The number of piperidine rings is 2. The lowest BCUT2D eigenvalue weighted by Crippen LogP contribution is -2.46. The second kappa shape index (κ2) is 13.6. The summed E-state index contributed by atoms with van der Waals surface area (Å²) in [5.74, 6) is 0.504. The lowest BCUT2D eigenvalue weighted by atomic mass is 9.84. The Kier molecular flexibility index (Phi) is 9.73. The molecule has 1 N–H and O–H groups in total. The summed E-state index contributed by atoms with van der Waals surface area (Å²) in [7, 11) is 0. The van der Waals surface area contributed by atoms with E-state index in [1.54, 1.807) is 6.07 Å². The molecule has 0 radical (unpaired) electrons. The highest BCUT2D eigenvalue weighted by molar-refractivity contribution is 5.99. The van der Waals surface area contributed by atoms with Gasteiger partial charge in [-0.05, 0) is 111 Å². The third kappa shape index (κ3) is 7.27. The molecule has 2 saturated heterocycles. The zero-order chi connectivity index (χ0) is 29.6. The van der Waals surface area contributed by atoms with Crippen LogP contribution in [0.1, 0.15) is 65.2 Å². The second-order valence-electron chi connectivity index (χ2n) is 12.5. The quantitative estimate of drug-likeness (QED) is 0.312. The first-order valence-electron chi connectivity index (χ1n) is 15.5. The third-order valence-electron chi connectivity index (χ3n) is 9.10. The molecular formula is C36H44FN3O2. The molecule has 5 nitrogen and oxygen atoms in total. The highest BCUT2D eigenvalue weighted by atomic mass is 19.1. The van der Waals surface area contributed by atoms with Crippen molar-refractivity contribution in [1.82, 2.24) is 10.2 Å². The highest BCUT2D eigenvalue weighted by Gasteiger charge is 2.34. The van der Waals surface area contributed by atoms with Gasteiger partial charge in [-0.1, -0.05) is 55.5 Å². The lowest BCUT2D eigenvalue weighted by Gasteiger charge is -2.38. The maximum atomic E-state index is 14.3. The van der Waals surface area contributed by atoms with E-state index in [-0.39, 0.29) is 29.5 Å². The Balaban J connectivity index is 1.15. The van der Waals surface area contributed by atoms with E-state index in [4.69, 9.17) is 0 Å². The number of nitrogens with zero attached hydrogens (tertiary/aromatic N) is 2. The number of benzene rings is 3. The number of anilines is 1. The molecule has 2 atom stereocenters. The molecule has 2 aliphatic rings. The minimum absolute atomic E-state index is 0.0648. The van der Waals surface area contributed by atoms with Crippen LogP contribution >= 0.6 is 0 Å². The SMILES string of the molecule is Cc1cc(C(=O)NCCC2CCN(Cc3ccccc3)CC2)cc(C)c1N1C[C@@H](Cc2ccccc2F)C[C@@H](C)C1=O. The fourth-order valence-corrected chi connectivity index (χ4v) is 6.89. The standard InChI is InChI=1S/C36H44FN3O2/c1-25-20-32(35(41)38-16-13-28-14-17-39(18-15-28)23-29-9-5-4-6-10-29)21-26(2)34(25)40-24-30(19-27(3)36(40)42)22-31-11-7-8-12-33(31)37/h4-12,20-21,27-28,30H,13-19,22-24H2,1-3H3,(H,38,41)/t27-,30-/m1/s1. The minimum atomic E-state index is -0.190. The van der Waals surface area contributed by atoms with Crippen molar-refractivity contribution >= 4 is 17.5 Å². The van der Waals surface area contributed by atoms with E-state index in [1.807, 2.05) is 49.9 Å². The van der Waals surface area contributed by atoms with Crippen LogP contribution in [0.25, 0.3) is 0 Å². The van der Waals surface area contributed by atoms with Crippen LogP contribution in [0.3, 0.4) is 0 Å². The van der Waals surface area contributed by atoms with Crippen molar-refractivity contribution in [2.75, 3.05) is 31.1 Å². The first-order valence-corrected chi connectivity index (χ1v) is 15.5. The summed E-state index contributed by atoms with van der Waals surface area (Å²) in [6.45, 7) is 10.3. The summed E-state index contributed by atoms with van der Waals surface area (Å²) < 4.78 is 14.3. The van der Waals surface area contributed by atoms with Gasteiger partial charge >= 0.3 is 0 Å². The Hall–Kier alpha value is -3.51. The average Bonchev–Trinajstić information content (AvgIpc) is 2.97. The van der Waals surface area contributed by atoms with E-state index in [0.717, 1.165) is 62.1 Å². The van der Waals surface area contributed by atoms with Crippen molar-refractivity contribution in [1.29, 1.82) is 0 Å². The highest BCUT2D eigenvalue weighted by Crippen LogP contribution is 2.34. The maximum absolute atomic E-state index is 14.3. The smallest absolute Gasteiger partial charge is 0.251 e. The topological polar surface area (TPSA) is 52.7 Å². The number of likely N-dealkylation sites (tertiary alicyclic amines) is 1. The van der Waals surface area contributed by atoms with Crippen LogP contribution in [-0.4, -0.2) is 42.9 Å². The van der Waals surface area contributed by atoms with Crippen LogP contribution in [0.5, 0.6) is 0 Å². The molecule has 42 heavy (non-hydrogen) atoms. The van der Waals surface area contributed by atoms with Gasteiger partial charge in [-0.2, -0.15) is 0 Å². The van der Waals surface area contributed by atoms with Crippen molar-refractivity contribution in [2.45, 2.75) is 59.4 Å². The van der Waals surface area contributed by atoms with E-state index in [9.17, 15) is 14.0 Å². The number of carbonyl (C=O) groups is 2. The Morgan fingerprint density at radius 2 is 1.62 bits per heavy atom. The number of hydrogen-bond donors (Lipinski definition) is 1. The molecule has 0 unspecified atom stereocenters. The second-order valence-corrected chi connectivity index (χ2v) is 12.5. The molecule has 3 aromatic rings. The largest absolute Gasteiger partial charge is 0.352 e. The van der Waals surface area contributed by atoms with Gasteiger partial charge in [0.1, 0.15) is 5.82 Å². The molecule has 2 heterocycles. The molecule has 2 amide bonds. The van der Waals surface area contributed by atoms with E-state index in [2.05, 4.69) is 40.5 Å². The number of rotatable bonds is 9. The number of amides is 2. The normalized spacial score (nSPS) is 20.1. The molecular weight excluding hydrogens is 525 g/mol. The Morgan fingerprint density at radius 1 is 0.952 bits per heavy atom. The van der Waals surface area contributed by atoms with Crippen LogP contribution in [0.2, 0.25) is 0 Å². The van der Waals surface area contributed by atoms with Gasteiger partial charge < -0.3 is 10.2 Å². The van der Waals surface area contributed by atoms with Gasteiger partial charge in [-0.25, -0.2) is 4.39 Å². The molecule has 222 valence electrons. The van der Waals surface area contributed by atoms with Crippen molar-refractivity contribution < 1.29 is 14.0 Å². The van der Waals surface area contributed by atoms with Crippen molar-refractivity contribution in [2.24, 2.45) is 17.8 Å². The zero-order valence-corrected chi connectivity index (χ0v) is 25.2. The van der Waals surface area contributed by atoms with Crippen LogP contribution in [0.15, 0.2) is 66.7 Å². The van der Waals surface area contributed by atoms with Gasteiger partial charge in [-0.15, -0.1) is 0 Å². The lowest BCUT2D eigenvalue weighted by molar-refractivity contribution is -0.124. The summed E-state index contributed by atoms with van der Waals surface area (Å²) in [6.07, 6.45) is 4.66. The Bertz CT molecular complexity index is 1360. The van der Waals surface area contributed by atoms with Crippen LogP contribution < -0.4 is 10.2 Å². The third-order valence-corrected chi connectivity index (χ3v) is 9.10. The van der Waals surface area contributed by atoms with Crippen LogP contribution in [0, 0.1) is 37.4 Å². The first-order chi connectivity index (χ1) is 20.3. The predicted molar refractivity (Wildman–Crippen MR) is 167 cm³/mol. The average molecular weight is 570 g/mol. The van der Waals surface area contributed by atoms with E-state index < -0.39 is 0 Å². The van der Waals surface area contributed by atoms with E-state index in [0.29, 0.717) is 36.6 Å². The van der Waals surface area contributed by atoms with Gasteiger partial charge in [0.2, 0.25) is 5.91 Å². The molecule has 0 aliphatic carbocycles. The Labute approximate surface area is 250 Å². The summed E-state index contributed by atoms with van der Waals surface area (Å²) in [5, 5.41) is 3.14. The molecule has 5 rings (SSSR count).